The van der Waals surface area contributed by atoms with Crippen molar-refractivity contribution >= 4 is 23.6 Å². The van der Waals surface area contributed by atoms with Crippen LogP contribution in [0.2, 0.25) is 0 Å². The van der Waals surface area contributed by atoms with Gasteiger partial charge in [0.05, 0.1) is 17.7 Å². The lowest BCUT2D eigenvalue weighted by Crippen LogP contribution is -2.31. The van der Waals surface area contributed by atoms with Crippen molar-refractivity contribution < 1.29 is 28.7 Å². The first-order valence-corrected chi connectivity index (χ1v) is 7.75. The number of esters is 1. The van der Waals surface area contributed by atoms with Gasteiger partial charge in [0.25, 0.3) is 11.8 Å². The number of fused-ring (bicyclic) bond motifs is 1. The number of benzene rings is 1. The molecule has 1 aliphatic heterocycles. The van der Waals surface area contributed by atoms with Crippen molar-refractivity contribution in [1.82, 2.24) is 4.90 Å². The predicted octanol–water partition coefficient (Wildman–Crippen LogP) is 1.21. The summed E-state index contributed by atoms with van der Waals surface area (Å²) in [5, 5.41) is 0. The average Bonchev–Trinajstić information content (AvgIpc) is 2.80. The molecule has 0 spiro atoms. The van der Waals surface area contributed by atoms with E-state index in [2.05, 4.69) is 4.74 Å². The molecule has 1 heterocycles. The van der Waals surface area contributed by atoms with Gasteiger partial charge in [-0.25, -0.2) is 0 Å². The summed E-state index contributed by atoms with van der Waals surface area (Å²) in [7, 11) is 0. The minimum atomic E-state index is -0.572. The molecule has 7 heteroatoms. The molecule has 1 aromatic carbocycles. The number of Topliss-reactive ketones (excluding diaryl/α,β-unsaturated/α-hetero) is 1. The highest BCUT2D eigenvalue weighted by atomic mass is 16.5. The number of carbonyl (C=O) groups is 4. The van der Waals surface area contributed by atoms with Crippen LogP contribution in [0, 0.1) is 0 Å². The van der Waals surface area contributed by atoms with Gasteiger partial charge in [-0.2, -0.15) is 0 Å². The topological polar surface area (TPSA) is 90.0 Å². The lowest BCUT2D eigenvalue weighted by atomic mass is 10.1. The Labute approximate surface area is 139 Å². The molecule has 0 radical (unpaired) electrons. The summed E-state index contributed by atoms with van der Waals surface area (Å²) in [6.07, 6.45) is 0.102. The molecule has 2 amide bonds. The molecular weight excluding hydrogens is 314 g/mol. The summed E-state index contributed by atoms with van der Waals surface area (Å²) in [6.45, 7) is 2.13. The van der Waals surface area contributed by atoms with Gasteiger partial charge >= 0.3 is 5.97 Å². The van der Waals surface area contributed by atoms with Crippen molar-refractivity contribution in [1.29, 1.82) is 0 Å². The molecule has 0 aliphatic carbocycles. The van der Waals surface area contributed by atoms with Gasteiger partial charge in [-0.15, -0.1) is 0 Å². The minimum Gasteiger partial charge on any atom is -0.466 e. The fourth-order valence-corrected chi connectivity index (χ4v) is 2.38. The first-order valence-electron chi connectivity index (χ1n) is 7.75. The molecule has 0 unspecified atom stereocenters. The molecule has 0 saturated carbocycles. The highest BCUT2D eigenvalue weighted by Gasteiger charge is 2.34. The van der Waals surface area contributed by atoms with Gasteiger partial charge in [0.2, 0.25) is 0 Å². The van der Waals surface area contributed by atoms with Crippen molar-refractivity contribution in [2.75, 3.05) is 26.4 Å². The summed E-state index contributed by atoms with van der Waals surface area (Å²) >= 11 is 0. The van der Waals surface area contributed by atoms with Gasteiger partial charge in [-0.1, -0.05) is 12.1 Å². The van der Waals surface area contributed by atoms with E-state index in [1.54, 1.807) is 31.2 Å². The van der Waals surface area contributed by atoms with E-state index in [1.807, 2.05) is 0 Å². The molecule has 0 bridgehead atoms. The van der Waals surface area contributed by atoms with Gasteiger partial charge in [-0.05, 0) is 25.5 Å². The normalized spacial score (nSPS) is 13.1. The number of rotatable bonds is 9. The lowest BCUT2D eigenvalue weighted by Gasteiger charge is -2.13. The van der Waals surface area contributed by atoms with Crippen LogP contribution >= 0.6 is 0 Å². The molecule has 0 aromatic heterocycles. The van der Waals surface area contributed by atoms with Crippen molar-refractivity contribution in [2.24, 2.45) is 0 Å². The maximum Gasteiger partial charge on any atom is 0.313 e. The standard InChI is InChI=1S/C17H19NO6/c1-2-24-15(20)10-12(19)11-23-9-5-8-18-16(21)13-6-3-4-7-14(13)17(18)22/h3-4,6-7H,2,5,8-11H2,1H3. The Bertz CT molecular complexity index is 619. The molecule has 0 atom stereocenters. The van der Waals surface area contributed by atoms with Crippen molar-refractivity contribution in [3.05, 3.63) is 35.4 Å². The Kier molecular flexibility index (Phi) is 6.20. The molecule has 2 rings (SSSR count). The molecule has 1 aliphatic rings. The van der Waals surface area contributed by atoms with Crippen LogP contribution in [-0.2, 0) is 19.1 Å². The Hall–Kier alpha value is -2.54. The second kappa shape index (κ2) is 8.35. The van der Waals surface area contributed by atoms with Gasteiger partial charge in [0, 0.05) is 13.2 Å². The van der Waals surface area contributed by atoms with Crippen molar-refractivity contribution in [2.45, 2.75) is 19.8 Å². The summed E-state index contributed by atoms with van der Waals surface area (Å²) in [4.78, 5) is 48.0. The van der Waals surface area contributed by atoms with E-state index < -0.39 is 5.97 Å². The van der Waals surface area contributed by atoms with Crippen LogP contribution in [0.5, 0.6) is 0 Å². The zero-order valence-corrected chi connectivity index (χ0v) is 13.4. The van der Waals surface area contributed by atoms with Gasteiger partial charge in [0.15, 0.2) is 5.78 Å². The molecular formula is C17H19NO6. The number of imide groups is 1. The monoisotopic (exact) mass is 333 g/mol. The van der Waals surface area contributed by atoms with Crippen LogP contribution < -0.4 is 0 Å². The minimum absolute atomic E-state index is 0.194. The van der Waals surface area contributed by atoms with E-state index >= 15 is 0 Å². The van der Waals surface area contributed by atoms with Crippen LogP contribution in [-0.4, -0.2) is 54.8 Å². The van der Waals surface area contributed by atoms with Gasteiger partial charge in [-0.3, -0.25) is 24.1 Å². The highest BCUT2D eigenvalue weighted by Crippen LogP contribution is 2.22. The number of hydrogen-bond acceptors (Lipinski definition) is 6. The third kappa shape index (κ3) is 4.26. The number of carbonyl (C=O) groups excluding carboxylic acids is 4. The van der Waals surface area contributed by atoms with E-state index in [-0.39, 0.29) is 50.4 Å². The van der Waals surface area contributed by atoms with E-state index in [4.69, 9.17) is 4.74 Å². The molecule has 128 valence electrons. The SMILES string of the molecule is CCOC(=O)CC(=O)COCCCN1C(=O)c2ccccc2C1=O. The predicted molar refractivity (Wildman–Crippen MR) is 83.5 cm³/mol. The first-order chi connectivity index (χ1) is 11.5. The second-order valence-electron chi connectivity index (χ2n) is 5.23. The van der Waals surface area contributed by atoms with E-state index in [9.17, 15) is 19.2 Å². The molecule has 0 N–H and O–H groups in total. The second-order valence-corrected chi connectivity index (χ2v) is 5.23. The third-order valence-corrected chi connectivity index (χ3v) is 3.46. The van der Waals surface area contributed by atoms with Crippen LogP contribution in [0.3, 0.4) is 0 Å². The molecule has 0 saturated heterocycles. The summed E-state index contributed by atoms with van der Waals surface area (Å²) < 4.78 is 9.84. The Morgan fingerprint density at radius 1 is 1.08 bits per heavy atom. The number of ether oxygens (including phenoxy) is 2. The average molecular weight is 333 g/mol. The summed E-state index contributed by atoms with van der Waals surface area (Å²) in [5.41, 5.74) is 0.820. The number of nitrogens with zero attached hydrogens (tertiary/aromatic N) is 1. The van der Waals surface area contributed by atoms with Gasteiger partial charge < -0.3 is 9.47 Å². The lowest BCUT2D eigenvalue weighted by molar-refractivity contribution is -0.146. The largest absolute Gasteiger partial charge is 0.466 e. The fraction of sp³-hybridized carbons (Fsp3) is 0.412. The number of ketones is 1. The first kappa shape index (κ1) is 17.8. The third-order valence-electron chi connectivity index (χ3n) is 3.46. The zero-order chi connectivity index (χ0) is 17.5. The number of hydrogen-bond donors (Lipinski definition) is 0. The summed E-state index contributed by atoms with van der Waals surface area (Å²) in [5.74, 6) is -1.56. The maximum absolute atomic E-state index is 12.1. The highest BCUT2D eigenvalue weighted by molar-refractivity contribution is 6.21. The van der Waals surface area contributed by atoms with Gasteiger partial charge in [0.1, 0.15) is 13.0 Å². The smallest absolute Gasteiger partial charge is 0.313 e. The van der Waals surface area contributed by atoms with E-state index in [1.165, 1.54) is 4.90 Å². The van der Waals surface area contributed by atoms with Crippen molar-refractivity contribution in [3.8, 4) is 0 Å². The molecule has 24 heavy (non-hydrogen) atoms. The Morgan fingerprint density at radius 3 is 2.29 bits per heavy atom. The van der Waals surface area contributed by atoms with E-state index in [0.29, 0.717) is 17.5 Å². The molecule has 1 aromatic rings. The quantitative estimate of drug-likeness (QED) is 0.292. The van der Waals surface area contributed by atoms with E-state index in [0.717, 1.165) is 0 Å². The number of amides is 2. The van der Waals surface area contributed by atoms with Crippen molar-refractivity contribution in [3.63, 3.8) is 0 Å². The zero-order valence-electron chi connectivity index (χ0n) is 13.4. The van der Waals surface area contributed by atoms with Crippen LogP contribution in [0.4, 0.5) is 0 Å². The Balaban J connectivity index is 1.69. The van der Waals surface area contributed by atoms with Crippen LogP contribution in [0.25, 0.3) is 0 Å². The fourth-order valence-electron chi connectivity index (χ4n) is 2.38. The molecule has 0 fully saturated rings. The Morgan fingerprint density at radius 2 is 1.71 bits per heavy atom. The summed E-state index contributed by atoms with van der Waals surface area (Å²) in [6, 6.07) is 6.68. The van der Waals surface area contributed by atoms with Crippen LogP contribution in [0.1, 0.15) is 40.5 Å². The van der Waals surface area contributed by atoms with Crippen LogP contribution in [0.15, 0.2) is 24.3 Å². The maximum atomic E-state index is 12.1. The molecule has 7 nitrogen and oxygen atoms in total.